The smallest absolute Gasteiger partial charge is 0.241 e. The van der Waals surface area contributed by atoms with Gasteiger partial charge in [-0.3, -0.25) is 4.72 Å². The Morgan fingerprint density at radius 3 is 2.19 bits per heavy atom. The molecule has 178 valence electrons. The summed E-state index contributed by atoms with van der Waals surface area (Å²) >= 11 is 5.73. The van der Waals surface area contributed by atoms with Crippen molar-refractivity contribution < 1.29 is 22.3 Å². The number of nitrogens with zero attached hydrogens (tertiary/aromatic N) is 3. The minimum Gasteiger partial charge on any atom is -0.394 e. The van der Waals surface area contributed by atoms with Crippen LogP contribution in [0.3, 0.4) is 0 Å². The summed E-state index contributed by atoms with van der Waals surface area (Å²) in [5.41, 5.74) is -1.30. The monoisotopic (exact) mass is 491 g/mol. The maximum atomic E-state index is 14.5. The Balaban J connectivity index is 2.46. The van der Waals surface area contributed by atoms with E-state index >= 15 is 0 Å². The number of nitrogens with one attached hydrogen (secondary N) is 2. The van der Waals surface area contributed by atoms with Gasteiger partial charge in [0.05, 0.1) is 18.9 Å². The number of hydrogen-bond acceptors (Lipinski definition) is 7. The Bertz CT molecular complexity index is 1040. The second-order valence-electron chi connectivity index (χ2n) is 8.73. The third-order valence-electron chi connectivity index (χ3n) is 4.55. The van der Waals surface area contributed by atoms with Gasteiger partial charge in [0.25, 0.3) is 0 Å². The van der Waals surface area contributed by atoms with Crippen LogP contribution in [-0.2, 0) is 21.9 Å². The van der Waals surface area contributed by atoms with Gasteiger partial charge in [0.2, 0.25) is 21.9 Å². The summed E-state index contributed by atoms with van der Waals surface area (Å²) in [6, 6.07) is 1.67. The van der Waals surface area contributed by atoms with E-state index in [1.165, 1.54) is 0 Å². The average molecular weight is 492 g/mol. The van der Waals surface area contributed by atoms with Crippen LogP contribution in [0.2, 0.25) is 5.02 Å². The van der Waals surface area contributed by atoms with Crippen molar-refractivity contribution in [3.8, 4) is 0 Å². The summed E-state index contributed by atoms with van der Waals surface area (Å²) in [6.45, 7) is 6.99. The van der Waals surface area contributed by atoms with Crippen molar-refractivity contribution in [1.82, 2.24) is 15.0 Å². The third-order valence-corrected chi connectivity index (χ3v) is 5.32. The van der Waals surface area contributed by atoms with Crippen LogP contribution in [0.15, 0.2) is 12.1 Å². The average Bonchev–Trinajstić information content (AvgIpc) is 2.57. The van der Waals surface area contributed by atoms with Gasteiger partial charge in [-0.2, -0.15) is 15.0 Å². The second kappa shape index (κ2) is 10.2. The number of benzene rings is 1. The van der Waals surface area contributed by atoms with Crippen LogP contribution in [0.25, 0.3) is 0 Å². The van der Waals surface area contributed by atoms with Crippen LogP contribution in [0.4, 0.5) is 20.7 Å². The van der Waals surface area contributed by atoms with E-state index in [2.05, 4.69) is 25.0 Å². The molecule has 0 bridgehead atoms. The molecule has 0 saturated carbocycles. The van der Waals surface area contributed by atoms with E-state index in [9.17, 15) is 22.3 Å². The molecule has 0 unspecified atom stereocenters. The van der Waals surface area contributed by atoms with E-state index in [4.69, 9.17) is 11.6 Å². The van der Waals surface area contributed by atoms with Gasteiger partial charge >= 0.3 is 0 Å². The maximum absolute atomic E-state index is 14.5. The van der Waals surface area contributed by atoms with Crippen molar-refractivity contribution >= 4 is 33.5 Å². The van der Waals surface area contributed by atoms with Crippen molar-refractivity contribution in [2.24, 2.45) is 5.92 Å². The quantitative estimate of drug-likeness (QED) is 0.465. The molecule has 1 atom stereocenters. The maximum Gasteiger partial charge on any atom is 0.241 e. The van der Waals surface area contributed by atoms with E-state index in [1.54, 1.807) is 13.8 Å². The van der Waals surface area contributed by atoms with Gasteiger partial charge in [0.15, 0.2) is 0 Å². The summed E-state index contributed by atoms with van der Waals surface area (Å²) in [4.78, 5) is 12.5. The van der Waals surface area contributed by atoms with Crippen molar-refractivity contribution in [2.75, 3.05) is 22.9 Å². The number of halogens is 3. The predicted molar refractivity (Wildman–Crippen MR) is 120 cm³/mol. The molecule has 2 rings (SSSR count). The Labute approximate surface area is 191 Å². The first kappa shape index (κ1) is 26.1. The van der Waals surface area contributed by atoms with Gasteiger partial charge in [-0.05, 0) is 24.5 Å². The van der Waals surface area contributed by atoms with Crippen molar-refractivity contribution in [3.63, 3.8) is 0 Å². The first-order valence-corrected chi connectivity index (χ1v) is 12.2. The molecule has 2 aromatic rings. The number of aliphatic hydroxyl groups is 1. The van der Waals surface area contributed by atoms with Crippen LogP contribution in [-0.4, -0.2) is 47.4 Å². The van der Waals surface area contributed by atoms with Gasteiger partial charge in [0.1, 0.15) is 17.5 Å². The van der Waals surface area contributed by atoms with E-state index in [0.29, 0.717) is 6.42 Å². The lowest BCUT2D eigenvalue weighted by Gasteiger charge is -2.26. The summed E-state index contributed by atoms with van der Waals surface area (Å²) in [6.07, 6.45) is 1.52. The highest BCUT2D eigenvalue weighted by molar-refractivity contribution is 7.91. The zero-order chi connectivity index (χ0) is 24.3. The summed E-state index contributed by atoms with van der Waals surface area (Å²) in [5, 5.41) is 12.5. The van der Waals surface area contributed by atoms with E-state index in [0.717, 1.165) is 18.4 Å². The van der Waals surface area contributed by atoms with Crippen LogP contribution in [0, 0.1) is 17.6 Å². The first-order valence-electron chi connectivity index (χ1n) is 9.95. The second-order valence-corrected chi connectivity index (χ2v) is 10.9. The summed E-state index contributed by atoms with van der Waals surface area (Å²) in [7, 11) is -3.69. The molecule has 1 aromatic heterocycles. The molecular weight excluding hydrogens is 464 g/mol. The summed E-state index contributed by atoms with van der Waals surface area (Å²) < 4.78 is 54.6. The molecule has 0 aliphatic carbocycles. The van der Waals surface area contributed by atoms with E-state index in [-0.39, 0.29) is 53.3 Å². The molecule has 8 nitrogen and oxygen atoms in total. The highest BCUT2D eigenvalue weighted by atomic mass is 35.5. The molecule has 1 aromatic carbocycles. The fraction of sp³-hybridized carbons (Fsp3) is 0.550. The van der Waals surface area contributed by atoms with Crippen LogP contribution >= 0.6 is 11.6 Å². The Kier molecular flexibility index (Phi) is 8.35. The van der Waals surface area contributed by atoms with Crippen molar-refractivity contribution in [1.29, 1.82) is 0 Å². The Hall–Kier alpha value is -2.11. The van der Waals surface area contributed by atoms with Gasteiger partial charge in [-0.15, -0.1) is 0 Å². The van der Waals surface area contributed by atoms with Gasteiger partial charge in [0, 0.05) is 22.4 Å². The molecule has 12 heteroatoms. The number of hydrogen-bond donors (Lipinski definition) is 3. The van der Waals surface area contributed by atoms with Crippen LogP contribution in [0.5, 0.6) is 0 Å². The Morgan fingerprint density at radius 1 is 1.12 bits per heavy atom. The number of rotatable bonds is 10. The fourth-order valence-corrected chi connectivity index (χ4v) is 3.99. The highest BCUT2D eigenvalue weighted by Gasteiger charge is 2.30. The van der Waals surface area contributed by atoms with Crippen LogP contribution in [0.1, 0.15) is 45.5 Å². The normalized spacial score (nSPS) is 13.3. The molecule has 3 N–H and O–H groups in total. The van der Waals surface area contributed by atoms with Gasteiger partial charge in [-0.1, -0.05) is 39.3 Å². The topological polar surface area (TPSA) is 117 Å². The molecule has 0 spiro atoms. The third kappa shape index (κ3) is 7.49. The number of aromatic nitrogens is 3. The standard InChI is InChI=1S/C20H28ClF2N5O3S/c1-11(2)6-13(10-29)24-18-25-16(26-19(27-18)28-32(5,30)31)9-20(3,4)17-14(22)7-12(21)8-15(17)23/h7-8,11,13,29H,6,9-10H2,1-5H3,(H2,24,25,26,27,28)/t13-/m1/s1. The summed E-state index contributed by atoms with van der Waals surface area (Å²) in [5.74, 6) is -1.45. The fourth-order valence-electron chi connectivity index (χ4n) is 3.38. The molecule has 32 heavy (non-hydrogen) atoms. The first-order chi connectivity index (χ1) is 14.7. The molecule has 0 radical (unpaired) electrons. The molecule has 0 fully saturated rings. The van der Waals surface area contributed by atoms with Crippen molar-refractivity contribution in [2.45, 2.75) is 52.0 Å². The SMILES string of the molecule is CC(C)C[C@H](CO)Nc1nc(CC(C)(C)c2c(F)cc(Cl)cc2F)nc(NS(C)(=O)=O)n1. The minimum absolute atomic E-state index is 0.0356. The lowest BCUT2D eigenvalue weighted by atomic mass is 9.80. The number of aliphatic hydroxyl groups excluding tert-OH is 1. The number of anilines is 2. The molecule has 0 saturated heterocycles. The molecule has 1 heterocycles. The number of sulfonamides is 1. The van der Waals surface area contributed by atoms with Crippen molar-refractivity contribution in [3.05, 3.63) is 40.2 Å². The zero-order valence-electron chi connectivity index (χ0n) is 18.6. The largest absolute Gasteiger partial charge is 0.394 e. The van der Waals surface area contributed by atoms with E-state index in [1.807, 2.05) is 13.8 Å². The zero-order valence-corrected chi connectivity index (χ0v) is 20.2. The highest BCUT2D eigenvalue weighted by Crippen LogP contribution is 2.33. The predicted octanol–water partition coefficient (Wildman–Crippen LogP) is 3.51. The van der Waals surface area contributed by atoms with E-state index < -0.39 is 27.1 Å². The van der Waals surface area contributed by atoms with Crippen LogP contribution < -0.4 is 10.0 Å². The minimum atomic E-state index is -3.69. The molecule has 0 aliphatic heterocycles. The molecule has 0 aliphatic rings. The lowest BCUT2D eigenvalue weighted by molar-refractivity contribution is 0.259. The van der Waals surface area contributed by atoms with Gasteiger partial charge < -0.3 is 10.4 Å². The van der Waals surface area contributed by atoms with Gasteiger partial charge in [-0.25, -0.2) is 17.2 Å². The Morgan fingerprint density at radius 2 is 1.69 bits per heavy atom. The lowest BCUT2D eigenvalue weighted by Crippen LogP contribution is -2.29. The molecule has 0 amide bonds. The molecular formula is C20H28ClF2N5O3S.